The molecule has 0 bridgehead atoms. The van der Waals surface area contributed by atoms with Crippen LogP contribution in [-0.2, 0) is 11.0 Å². The van der Waals surface area contributed by atoms with Crippen LogP contribution in [0.25, 0.3) is 5.69 Å². The molecule has 1 aromatic heterocycles. The number of anilines is 1. The highest BCUT2D eigenvalue weighted by atomic mass is 32.2. The number of nitrogens with zero attached hydrogens (tertiary/aromatic N) is 6. The van der Waals surface area contributed by atoms with Gasteiger partial charge in [0.1, 0.15) is 0 Å². The number of tetrazole rings is 1. The molecule has 0 atom stereocenters. The SMILES string of the molecule is Cc1ccc(-n2nnnc2SCC(=O)N2CCN(c3cccc(C(F)(F)F)c3)CC2)c(C)c1. The zero-order chi connectivity index (χ0) is 23.6. The Kier molecular flexibility index (Phi) is 6.59. The number of benzene rings is 2. The van der Waals surface area contributed by atoms with E-state index in [2.05, 4.69) is 15.5 Å². The van der Waals surface area contributed by atoms with E-state index in [0.717, 1.165) is 28.9 Å². The van der Waals surface area contributed by atoms with Gasteiger partial charge in [0.25, 0.3) is 0 Å². The molecule has 174 valence electrons. The van der Waals surface area contributed by atoms with Gasteiger partial charge in [-0.2, -0.15) is 17.9 Å². The monoisotopic (exact) mass is 476 g/mol. The van der Waals surface area contributed by atoms with Gasteiger partial charge in [0, 0.05) is 31.9 Å². The van der Waals surface area contributed by atoms with E-state index in [9.17, 15) is 18.0 Å². The zero-order valence-electron chi connectivity index (χ0n) is 18.2. The van der Waals surface area contributed by atoms with Gasteiger partial charge in [-0.05, 0) is 54.1 Å². The van der Waals surface area contributed by atoms with Crippen molar-refractivity contribution >= 4 is 23.4 Å². The van der Waals surface area contributed by atoms with Crippen molar-refractivity contribution in [1.82, 2.24) is 25.1 Å². The molecule has 0 saturated carbocycles. The number of carbonyl (C=O) groups excluding carboxylic acids is 1. The third kappa shape index (κ3) is 5.29. The summed E-state index contributed by atoms with van der Waals surface area (Å²) in [5.74, 6) is 0.119. The molecule has 7 nitrogen and oxygen atoms in total. The molecular formula is C22H23F3N6OS. The second-order valence-corrected chi connectivity index (χ2v) is 8.81. The van der Waals surface area contributed by atoms with Crippen LogP contribution in [0.15, 0.2) is 47.6 Å². The van der Waals surface area contributed by atoms with Crippen LogP contribution >= 0.6 is 11.8 Å². The van der Waals surface area contributed by atoms with Crippen LogP contribution in [0.5, 0.6) is 0 Å². The molecule has 2 heterocycles. The van der Waals surface area contributed by atoms with Crippen LogP contribution < -0.4 is 4.90 Å². The van der Waals surface area contributed by atoms with Gasteiger partial charge in [0.15, 0.2) is 0 Å². The molecule has 0 N–H and O–H groups in total. The second-order valence-electron chi connectivity index (χ2n) is 7.87. The smallest absolute Gasteiger partial charge is 0.368 e. The predicted molar refractivity (Wildman–Crippen MR) is 120 cm³/mol. The lowest BCUT2D eigenvalue weighted by atomic mass is 10.1. The summed E-state index contributed by atoms with van der Waals surface area (Å²) in [5.41, 5.74) is 2.87. The summed E-state index contributed by atoms with van der Waals surface area (Å²) in [6, 6.07) is 11.3. The minimum absolute atomic E-state index is 0.0566. The van der Waals surface area contributed by atoms with E-state index >= 15 is 0 Å². The Morgan fingerprint density at radius 3 is 2.52 bits per heavy atom. The van der Waals surface area contributed by atoms with Gasteiger partial charge in [0.2, 0.25) is 11.1 Å². The first-order chi connectivity index (χ1) is 15.7. The average molecular weight is 477 g/mol. The van der Waals surface area contributed by atoms with E-state index in [-0.39, 0.29) is 11.7 Å². The molecule has 1 fully saturated rings. The van der Waals surface area contributed by atoms with E-state index in [4.69, 9.17) is 0 Å². The molecule has 0 aliphatic carbocycles. The Hall–Kier alpha value is -3.08. The Balaban J connectivity index is 1.34. The first-order valence-electron chi connectivity index (χ1n) is 10.4. The van der Waals surface area contributed by atoms with Gasteiger partial charge < -0.3 is 9.80 Å². The van der Waals surface area contributed by atoms with E-state index < -0.39 is 11.7 Å². The van der Waals surface area contributed by atoms with Crippen molar-refractivity contribution in [2.24, 2.45) is 0 Å². The second kappa shape index (κ2) is 9.42. The Labute approximate surface area is 193 Å². The largest absolute Gasteiger partial charge is 0.416 e. The van der Waals surface area contributed by atoms with E-state index in [1.807, 2.05) is 36.9 Å². The van der Waals surface area contributed by atoms with Gasteiger partial charge >= 0.3 is 6.18 Å². The zero-order valence-corrected chi connectivity index (χ0v) is 19.0. The maximum absolute atomic E-state index is 13.0. The number of aryl methyl sites for hydroxylation is 2. The number of piperazine rings is 1. The summed E-state index contributed by atoms with van der Waals surface area (Å²) in [5, 5.41) is 12.4. The first kappa shape index (κ1) is 23.1. The number of thioether (sulfide) groups is 1. The normalized spacial score (nSPS) is 14.6. The van der Waals surface area contributed by atoms with Crippen molar-refractivity contribution in [2.75, 3.05) is 36.8 Å². The Morgan fingerprint density at radius 1 is 1.06 bits per heavy atom. The molecule has 4 rings (SSSR count). The summed E-state index contributed by atoms with van der Waals surface area (Å²) < 4.78 is 40.6. The molecule has 0 unspecified atom stereocenters. The number of halogens is 3. The lowest BCUT2D eigenvalue weighted by Crippen LogP contribution is -2.49. The van der Waals surface area contributed by atoms with Crippen molar-refractivity contribution in [3.8, 4) is 5.69 Å². The summed E-state index contributed by atoms with van der Waals surface area (Å²) >= 11 is 1.26. The van der Waals surface area contributed by atoms with Crippen LogP contribution in [-0.4, -0.2) is 62.9 Å². The van der Waals surface area contributed by atoms with E-state index in [0.29, 0.717) is 37.0 Å². The minimum atomic E-state index is -4.38. The molecule has 3 aromatic rings. The molecule has 1 aliphatic heterocycles. The fourth-order valence-electron chi connectivity index (χ4n) is 3.77. The summed E-state index contributed by atoms with van der Waals surface area (Å²) in [4.78, 5) is 16.3. The van der Waals surface area contributed by atoms with Crippen molar-refractivity contribution in [2.45, 2.75) is 25.2 Å². The molecule has 2 aromatic carbocycles. The van der Waals surface area contributed by atoms with E-state index in [1.165, 1.54) is 17.8 Å². The molecule has 0 radical (unpaired) electrons. The maximum atomic E-state index is 13.0. The molecule has 1 saturated heterocycles. The third-order valence-corrected chi connectivity index (χ3v) is 6.42. The molecule has 1 aliphatic rings. The molecule has 11 heteroatoms. The fourth-order valence-corrected chi connectivity index (χ4v) is 4.56. The lowest BCUT2D eigenvalue weighted by Gasteiger charge is -2.36. The van der Waals surface area contributed by atoms with Crippen molar-refractivity contribution in [3.05, 3.63) is 59.2 Å². The predicted octanol–water partition coefficient (Wildman–Crippen LogP) is 3.74. The summed E-state index contributed by atoms with van der Waals surface area (Å²) in [6.07, 6.45) is -4.38. The fraction of sp³-hybridized carbons (Fsp3) is 0.364. The van der Waals surface area contributed by atoms with Crippen LogP contribution in [0.2, 0.25) is 0 Å². The number of alkyl halides is 3. The quantitative estimate of drug-likeness (QED) is 0.523. The van der Waals surface area contributed by atoms with Gasteiger partial charge in [-0.3, -0.25) is 4.79 Å². The number of hydrogen-bond acceptors (Lipinski definition) is 6. The topological polar surface area (TPSA) is 67.2 Å². The minimum Gasteiger partial charge on any atom is -0.368 e. The van der Waals surface area contributed by atoms with Crippen LogP contribution in [0.3, 0.4) is 0 Å². The number of hydrogen-bond donors (Lipinski definition) is 0. The van der Waals surface area contributed by atoms with Crippen molar-refractivity contribution in [1.29, 1.82) is 0 Å². The Morgan fingerprint density at radius 2 is 1.82 bits per heavy atom. The average Bonchev–Trinajstić information content (AvgIpc) is 3.25. The number of aromatic nitrogens is 4. The summed E-state index contributed by atoms with van der Waals surface area (Å²) in [6.45, 7) is 5.82. The van der Waals surface area contributed by atoms with Gasteiger partial charge in [0.05, 0.1) is 17.0 Å². The number of carbonyl (C=O) groups is 1. The maximum Gasteiger partial charge on any atom is 0.416 e. The molecule has 1 amide bonds. The highest BCUT2D eigenvalue weighted by Gasteiger charge is 2.31. The lowest BCUT2D eigenvalue weighted by molar-refractivity contribution is -0.137. The first-order valence-corrected chi connectivity index (χ1v) is 11.4. The van der Waals surface area contributed by atoms with Crippen molar-refractivity contribution in [3.63, 3.8) is 0 Å². The number of rotatable bonds is 5. The molecule has 0 spiro atoms. The highest BCUT2D eigenvalue weighted by Crippen LogP contribution is 2.32. The van der Waals surface area contributed by atoms with Crippen LogP contribution in [0, 0.1) is 13.8 Å². The van der Waals surface area contributed by atoms with E-state index in [1.54, 1.807) is 15.6 Å². The number of amides is 1. The summed E-state index contributed by atoms with van der Waals surface area (Å²) in [7, 11) is 0. The van der Waals surface area contributed by atoms with Gasteiger partial charge in [-0.25, -0.2) is 0 Å². The van der Waals surface area contributed by atoms with Gasteiger partial charge in [-0.15, -0.1) is 5.10 Å². The van der Waals surface area contributed by atoms with Crippen LogP contribution in [0.4, 0.5) is 18.9 Å². The Bertz CT molecular complexity index is 1140. The molecule has 33 heavy (non-hydrogen) atoms. The highest BCUT2D eigenvalue weighted by molar-refractivity contribution is 7.99. The van der Waals surface area contributed by atoms with Crippen LogP contribution in [0.1, 0.15) is 16.7 Å². The van der Waals surface area contributed by atoms with Gasteiger partial charge in [-0.1, -0.05) is 35.5 Å². The van der Waals surface area contributed by atoms with Crippen molar-refractivity contribution < 1.29 is 18.0 Å². The standard InChI is InChI=1S/C22H23F3N6OS/c1-15-6-7-19(16(2)12-15)31-21(26-27-28-31)33-14-20(32)30-10-8-29(9-11-30)18-5-3-4-17(13-18)22(23,24)25/h3-7,12-13H,8-11,14H2,1-2H3. The third-order valence-electron chi connectivity index (χ3n) is 5.52. The molecular weight excluding hydrogens is 453 g/mol.